The van der Waals surface area contributed by atoms with Gasteiger partial charge in [-0.25, -0.2) is 4.79 Å². The molecule has 0 bridgehead atoms. The summed E-state index contributed by atoms with van der Waals surface area (Å²) < 4.78 is 0. The molecule has 0 fully saturated rings. The molecule has 2 aromatic rings. The first-order valence-electron chi connectivity index (χ1n) is 5.09. The molecule has 3 N–H and O–H groups in total. The molecule has 1 aromatic heterocycles. The Kier molecular flexibility index (Phi) is 2.52. The fourth-order valence-corrected chi connectivity index (χ4v) is 1.40. The zero-order valence-electron chi connectivity index (χ0n) is 9.13. The van der Waals surface area contributed by atoms with Crippen LogP contribution in [0.25, 0.3) is 11.0 Å². The molecular formula is C11H13N3O2. The Morgan fingerprint density at radius 2 is 1.94 bits per heavy atom. The molecule has 84 valence electrons. The molecule has 0 aliphatic rings. The Morgan fingerprint density at radius 1 is 1.25 bits per heavy atom. The molecule has 1 heterocycles. The van der Waals surface area contributed by atoms with Crippen molar-refractivity contribution in [1.82, 2.24) is 9.97 Å². The number of benzene rings is 1. The molecule has 2 rings (SSSR count). The van der Waals surface area contributed by atoms with Crippen LogP contribution in [0.3, 0.4) is 0 Å². The molecule has 5 nitrogen and oxygen atoms in total. The van der Waals surface area contributed by atoms with Gasteiger partial charge < -0.3 is 15.3 Å². The smallest absolute Gasteiger partial charge is 0.323 e. The number of hydrogen-bond donors (Lipinski definition) is 3. The van der Waals surface area contributed by atoms with Crippen LogP contribution in [0, 0.1) is 5.92 Å². The van der Waals surface area contributed by atoms with Crippen LogP contribution in [0.1, 0.15) is 13.8 Å². The van der Waals surface area contributed by atoms with E-state index in [0.29, 0.717) is 11.2 Å². The van der Waals surface area contributed by atoms with Gasteiger partial charge in [0.15, 0.2) is 0 Å². The van der Waals surface area contributed by atoms with Crippen LogP contribution >= 0.6 is 0 Å². The van der Waals surface area contributed by atoms with E-state index in [4.69, 9.17) is 0 Å². The quantitative estimate of drug-likeness (QED) is 0.714. The summed E-state index contributed by atoms with van der Waals surface area (Å²) in [6, 6.07) is 5.24. The average molecular weight is 219 g/mol. The predicted octanol–water partition coefficient (Wildman–Crippen LogP) is 1.45. The summed E-state index contributed by atoms with van der Waals surface area (Å²) in [5, 5.41) is 2.77. The molecule has 5 heteroatoms. The van der Waals surface area contributed by atoms with E-state index in [1.165, 1.54) is 0 Å². The molecule has 0 atom stereocenters. The minimum atomic E-state index is -0.248. The van der Waals surface area contributed by atoms with Crippen molar-refractivity contribution in [3.63, 3.8) is 0 Å². The number of imidazole rings is 1. The maximum atomic E-state index is 11.5. The minimum Gasteiger partial charge on any atom is -0.326 e. The third-order valence-electron chi connectivity index (χ3n) is 2.31. The van der Waals surface area contributed by atoms with Crippen LogP contribution in [0.15, 0.2) is 23.0 Å². The lowest BCUT2D eigenvalue weighted by molar-refractivity contribution is -0.118. The molecule has 0 unspecified atom stereocenters. The van der Waals surface area contributed by atoms with E-state index in [9.17, 15) is 9.59 Å². The summed E-state index contributed by atoms with van der Waals surface area (Å²) in [5.41, 5.74) is 1.85. The molecular weight excluding hydrogens is 206 g/mol. The van der Waals surface area contributed by atoms with Crippen LogP contribution < -0.4 is 11.0 Å². The predicted molar refractivity (Wildman–Crippen MR) is 62.4 cm³/mol. The van der Waals surface area contributed by atoms with Crippen LogP contribution in [0.4, 0.5) is 5.69 Å². The number of H-pyrrole nitrogens is 2. The van der Waals surface area contributed by atoms with Gasteiger partial charge in [-0.1, -0.05) is 13.8 Å². The minimum absolute atomic E-state index is 0.0442. The summed E-state index contributed by atoms with van der Waals surface area (Å²) in [6.45, 7) is 3.65. The van der Waals surface area contributed by atoms with Crippen LogP contribution in [0.2, 0.25) is 0 Å². The van der Waals surface area contributed by atoms with Crippen molar-refractivity contribution in [1.29, 1.82) is 0 Å². The largest absolute Gasteiger partial charge is 0.326 e. The Bertz CT molecular complexity index is 580. The van der Waals surface area contributed by atoms with Crippen LogP contribution in [-0.4, -0.2) is 15.9 Å². The highest BCUT2D eigenvalue weighted by Crippen LogP contribution is 2.15. The van der Waals surface area contributed by atoms with Crippen molar-refractivity contribution in [2.75, 3.05) is 5.32 Å². The monoisotopic (exact) mass is 219 g/mol. The van der Waals surface area contributed by atoms with Crippen LogP contribution in [0.5, 0.6) is 0 Å². The summed E-state index contributed by atoms with van der Waals surface area (Å²) >= 11 is 0. The second-order valence-corrected chi connectivity index (χ2v) is 3.98. The third-order valence-corrected chi connectivity index (χ3v) is 2.31. The number of carbonyl (C=O) groups excluding carboxylic acids is 1. The Hall–Kier alpha value is -2.04. The van der Waals surface area contributed by atoms with Crippen molar-refractivity contribution < 1.29 is 4.79 Å². The molecule has 1 aromatic carbocycles. The molecule has 16 heavy (non-hydrogen) atoms. The lowest BCUT2D eigenvalue weighted by Gasteiger charge is -2.07. The van der Waals surface area contributed by atoms with E-state index >= 15 is 0 Å². The number of aromatic nitrogens is 2. The third kappa shape index (κ3) is 1.98. The average Bonchev–Trinajstić information content (AvgIpc) is 2.57. The number of carbonyl (C=O) groups is 1. The Balaban J connectivity index is 2.32. The van der Waals surface area contributed by atoms with Gasteiger partial charge in [0.25, 0.3) is 0 Å². The van der Waals surface area contributed by atoms with Crippen LogP contribution in [-0.2, 0) is 4.79 Å². The highest BCUT2D eigenvalue weighted by Gasteiger charge is 2.07. The van der Waals surface area contributed by atoms with Crippen molar-refractivity contribution in [3.8, 4) is 0 Å². The highest BCUT2D eigenvalue weighted by atomic mass is 16.2. The number of fused-ring (bicyclic) bond motifs is 1. The summed E-state index contributed by atoms with van der Waals surface area (Å²) in [6.07, 6.45) is 0. The van der Waals surface area contributed by atoms with Gasteiger partial charge in [-0.15, -0.1) is 0 Å². The molecule has 0 saturated heterocycles. The number of aromatic amines is 2. The number of nitrogens with one attached hydrogen (secondary N) is 3. The molecule has 0 spiro atoms. The standard InChI is InChI=1S/C11H13N3O2/c1-6(2)10(15)12-7-3-4-8-9(5-7)14-11(16)13-8/h3-6H,1-2H3,(H,12,15)(H2,13,14,16). The first kappa shape index (κ1) is 10.5. The van der Waals surface area contributed by atoms with E-state index in [1.807, 2.05) is 13.8 Å². The fourth-order valence-electron chi connectivity index (χ4n) is 1.40. The number of amides is 1. The Labute approximate surface area is 91.9 Å². The van der Waals surface area contributed by atoms with Gasteiger partial charge in [-0.2, -0.15) is 0 Å². The van der Waals surface area contributed by atoms with E-state index in [0.717, 1.165) is 5.52 Å². The zero-order valence-corrected chi connectivity index (χ0v) is 9.13. The molecule has 0 saturated carbocycles. The van der Waals surface area contributed by atoms with E-state index in [2.05, 4.69) is 15.3 Å². The fraction of sp³-hybridized carbons (Fsp3) is 0.273. The maximum absolute atomic E-state index is 11.5. The van der Waals surface area contributed by atoms with Gasteiger partial charge in [-0.05, 0) is 18.2 Å². The summed E-state index contributed by atoms with van der Waals surface area (Å²) in [4.78, 5) is 27.8. The first-order chi connectivity index (χ1) is 7.56. The second-order valence-electron chi connectivity index (χ2n) is 3.98. The van der Waals surface area contributed by atoms with Gasteiger partial charge in [0, 0.05) is 11.6 Å². The van der Waals surface area contributed by atoms with Gasteiger partial charge in [0.2, 0.25) is 5.91 Å². The van der Waals surface area contributed by atoms with E-state index in [-0.39, 0.29) is 17.5 Å². The maximum Gasteiger partial charge on any atom is 0.323 e. The zero-order chi connectivity index (χ0) is 11.7. The van der Waals surface area contributed by atoms with Crippen molar-refractivity contribution in [2.45, 2.75) is 13.8 Å². The van der Waals surface area contributed by atoms with Crippen molar-refractivity contribution >= 4 is 22.6 Å². The summed E-state index contributed by atoms with van der Waals surface area (Å²) in [7, 11) is 0. The van der Waals surface area contributed by atoms with E-state index in [1.54, 1.807) is 18.2 Å². The Morgan fingerprint density at radius 3 is 2.62 bits per heavy atom. The molecule has 0 aliphatic heterocycles. The number of rotatable bonds is 2. The molecule has 0 radical (unpaired) electrons. The van der Waals surface area contributed by atoms with Gasteiger partial charge in [0.1, 0.15) is 0 Å². The topological polar surface area (TPSA) is 77.8 Å². The number of anilines is 1. The van der Waals surface area contributed by atoms with Crippen molar-refractivity contribution in [3.05, 3.63) is 28.7 Å². The lowest BCUT2D eigenvalue weighted by Crippen LogP contribution is -2.17. The van der Waals surface area contributed by atoms with Gasteiger partial charge >= 0.3 is 5.69 Å². The lowest BCUT2D eigenvalue weighted by atomic mass is 10.2. The summed E-state index contributed by atoms with van der Waals surface area (Å²) in [5.74, 6) is -0.113. The van der Waals surface area contributed by atoms with E-state index < -0.39 is 0 Å². The first-order valence-corrected chi connectivity index (χ1v) is 5.09. The molecule has 0 aliphatic carbocycles. The highest BCUT2D eigenvalue weighted by molar-refractivity contribution is 5.94. The SMILES string of the molecule is CC(C)C(=O)Nc1ccc2[nH]c(=O)[nH]c2c1. The van der Waals surface area contributed by atoms with Gasteiger partial charge in [0.05, 0.1) is 11.0 Å². The number of hydrogen-bond acceptors (Lipinski definition) is 2. The molecule has 1 amide bonds. The normalized spacial score (nSPS) is 10.9. The second kappa shape index (κ2) is 3.84. The van der Waals surface area contributed by atoms with Crippen molar-refractivity contribution in [2.24, 2.45) is 5.92 Å². The van der Waals surface area contributed by atoms with Gasteiger partial charge in [-0.3, -0.25) is 4.79 Å².